The molecule has 2 aliphatic rings. The highest BCUT2D eigenvalue weighted by Gasteiger charge is 2.46. The van der Waals surface area contributed by atoms with E-state index in [1.807, 2.05) is 0 Å². The summed E-state index contributed by atoms with van der Waals surface area (Å²) in [4.78, 5) is 49.7. The van der Waals surface area contributed by atoms with Crippen LogP contribution in [-0.4, -0.2) is 47.7 Å². The van der Waals surface area contributed by atoms with Crippen molar-refractivity contribution in [1.29, 1.82) is 0 Å². The van der Waals surface area contributed by atoms with Crippen molar-refractivity contribution >= 4 is 23.6 Å². The van der Waals surface area contributed by atoms with Crippen LogP contribution in [0.4, 0.5) is 0 Å². The van der Waals surface area contributed by atoms with Gasteiger partial charge in [0.15, 0.2) is 0 Å². The largest absolute Gasteiger partial charge is 0.384 e. The van der Waals surface area contributed by atoms with Gasteiger partial charge in [-0.3, -0.25) is 29.4 Å². The quantitative estimate of drug-likeness (QED) is 0.302. The number of allylic oxidation sites excluding steroid dienone is 1. The second kappa shape index (κ2) is 9.27. The standard InChI is InChI=1S/C19H26N4O4/c1-3-13(21-11-7-5-4-6-10-20)16-12(2)18(26)23(19(16)27)14-8-9-15(24)22-17(14)25/h3,14,21H,1-2,4-11,20H2,(H,22,24,25)/b16-13-. The monoisotopic (exact) mass is 374 g/mol. The van der Waals surface area contributed by atoms with E-state index in [9.17, 15) is 19.2 Å². The van der Waals surface area contributed by atoms with E-state index >= 15 is 0 Å². The first-order valence-electron chi connectivity index (χ1n) is 9.13. The molecule has 8 heteroatoms. The van der Waals surface area contributed by atoms with Gasteiger partial charge in [0, 0.05) is 24.2 Å². The van der Waals surface area contributed by atoms with Gasteiger partial charge in [-0.1, -0.05) is 26.0 Å². The molecule has 27 heavy (non-hydrogen) atoms. The number of nitrogens with one attached hydrogen (secondary N) is 2. The zero-order valence-corrected chi connectivity index (χ0v) is 15.4. The van der Waals surface area contributed by atoms with Crippen LogP contribution in [0.5, 0.6) is 0 Å². The number of hydrogen-bond acceptors (Lipinski definition) is 6. The number of rotatable bonds is 9. The summed E-state index contributed by atoms with van der Waals surface area (Å²) >= 11 is 0. The van der Waals surface area contributed by atoms with Crippen molar-refractivity contribution in [2.24, 2.45) is 5.73 Å². The molecule has 1 atom stereocenters. The molecular formula is C19H26N4O4. The predicted octanol–water partition coefficient (Wildman–Crippen LogP) is 0.265. The lowest BCUT2D eigenvalue weighted by Crippen LogP contribution is -2.54. The Bertz CT molecular complexity index is 710. The maximum atomic E-state index is 12.8. The van der Waals surface area contributed by atoms with Gasteiger partial charge in [0.1, 0.15) is 6.04 Å². The highest BCUT2D eigenvalue weighted by atomic mass is 16.2. The summed E-state index contributed by atoms with van der Waals surface area (Å²) < 4.78 is 0. The Morgan fingerprint density at radius 1 is 1.19 bits per heavy atom. The number of imide groups is 2. The summed E-state index contributed by atoms with van der Waals surface area (Å²) in [5.41, 5.74) is 6.04. The van der Waals surface area contributed by atoms with E-state index in [1.54, 1.807) is 0 Å². The Morgan fingerprint density at radius 2 is 1.89 bits per heavy atom. The van der Waals surface area contributed by atoms with Gasteiger partial charge in [-0.25, -0.2) is 0 Å². The number of nitrogens with zero attached hydrogens (tertiary/aromatic N) is 1. The second-order valence-corrected chi connectivity index (χ2v) is 6.55. The van der Waals surface area contributed by atoms with Crippen LogP contribution in [0, 0.1) is 0 Å². The first kappa shape index (κ1) is 20.6. The lowest BCUT2D eigenvalue weighted by atomic mass is 10.0. The molecule has 0 aliphatic carbocycles. The number of unbranched alkanes of at least 4 members (excludes halogenated alkanes) is 3. The van der Waals surface area contributed by atoms with Crippen molar-refractivity contribution in [3.8, 4) is 0 Å². The van der Waals surface area contributed by atoms with Crippen LogP contribution in [0.25, 0.3) is 0 Å². The van der Waals surface area contributed by atoms with Gasteiger partial charge in [0.25, 0.3) is 11.8 Å². The van der Waals surface area contributed by atoms with Crippen LogP contribution in [0.3, 0.4) is 0 Å². The molecule has 0 spiro atoms. The van der Waals surface area contributed by atoms with E-state index < -0.39 is 29.7 Å². The Hall–Kier alpha value is -2.74. The smallest absolute Gasteiger partial charge is 0.264 e. The van der Waals surface area contributed by atoms with Gasteiger partial charge < -0.3 is 11.1 Å². The molecule has 8 nitrogen and oxygen atoms in total. The molecule has 0 bridgehead atoms. The third-order valence-electron chi connectivity index (χ3n) is 4.65. The summed E-state index contributed by atoms with van der Waals surface area (Å²) in [5.74, 6) is -2.26. The first-order valence-corrected chi connectivity index (χ1v) is 9.13. The molecule has 2 rings (SSSR count). The average molecular weight is 374 g/mol. The van der Waals surface area contributed by atoms with Crippen LogP contribution in [0.15, 0.2) is 36.1 Å². The van der Waals surface area contributed by atoms with E-state index in [2.05, 4.69) is 23.8 Å². The molecule has 2 fully saturated rings. The minimum Gasteiger partial charge on any atom is -0.384 e. The molecule has 146 valence electrons. The Kier molecular flexibility index (Phi) is 7.06. The first-order chi connectivity index (χ1) is 12.9. The molecule has 0 aromatic rings. The second-order valence-electron chi connectivity index (χ2n) is 6.55. The lowest BCUT2D eigenvalue weighted by molar-refractivity contribution is -0.149. The molecule has 2 saturated heterocycles. The Morgan fingerprint density at radius 3 is 2.52 bits per heavy atom. The van der Waals surface area contributed by atoms with Gasteiger partial charge in [-0.15, -0.1) is 0 Å². The number of carbonyl (C=O) groups is 4. The van der Waals surface area contributed by atoms with E-state index in [0.717, 1.165) is 30.6 Å². The molecule has 4 amide bonds. The topological polar surface area (TPSA) is 122 Å². The minimum absolute atomic E-state index is 0.0234. The molecule has 0 saturated carbocycles. The molecule has 2 aliphatic heterocycles. The van der Waals surface area contributed by atoms with Crippen LogP contribution in [0.1, 0.15) is 38.5 Å². The van der Waals surface area contributed by atoms with Crippen molar-refractivity contribution in [1.82, 2.24) is 15.5 Å². The lowest BCUT2D eigenvalue weighted by Gasteiger charge is -2.27. The molecule has 4 N–H and O–H groups in total. The van der Waals surface area contributed by atoms with Crippen molar-refractivity contribution in [2.75, 3.05) is 13.1 Å². The fourth-order valence-electron chi connectivity index (χ4n) is 3.19. The van der Waals surface area contributed by atoms with E-state index in [0.29, 0.717) is 18.8 Å². The summed E-state index contributed by atoms with van der Waals surface area (Å²) in [6.07, 6.45) is 5.55. The number of hydrogen-bond donors (Lipinski definition) is 3. The van der Waals surface area contributed by atoms with E-state index in [1.165, 1.54) is 6.08 Å². The van der Waals surface area contributed by atoms with Crippen molar-refractivity contribution in [2.45, 2.75) is 44.6 Å². The predicted molar refractivity (Wildman–Crippen MR) is 99.9 cm³/mol. The molecular weight excluding hydrogens is 348 g/mol. The SMILES string of the molecule is C=C/C(NCCCCCCN)=C1\C(=C)C(=O)N(C2CCC(=O)NC2=O)C1=O. The maximum Gasteiger partial charge on any atom is 0.264 e. The molecule has 2 heterocycles. The van der Waals surface area contributed by atoms with Gasteiger partial charge in [-0.05, 0) is 31.9 Å². The normalized spacial score (nSPS) is 22.2. The van der Waals surface area contributed by atoms with E-state index in [-0.39, 0.29) is 24.0 Å². The summed E-state index contributed by atoms with van der Waals surface area (Å²) in [7, 11) is 0. The van der Waals surface area contributed by atoms with Crippen LogP contribution in [0.2, 0.25) is 0 Å². The van der Waals surface area contributed by atoms with Gasteiger partial charge in [0.05, 0.1) is 5.57 Å². The zero-order chi connectivity index (χ0) is 20.0. The minimum atomic E-state index is -1.00. The molecule has 0 radical (unpaired) electrons. The van der Waals surface area contributed by atoms with E-state index in [4.69, 9.17) is 5.73 Å². The Labute approximate surface area is 158 Å². The number of piperidine rings is 1. The number of amides is 4. The average Bonchev–Trinajstić information content (AvgIpc) is 2.85. The highest BCUT2D eigenvalue weighted by molar-refractivity contribution is 6.26. The molecule has 1 unspecified atom stereocenters. The van der Waals surface area contributed by atoms with Gasteiger partial charge in [0.2, 0.25) is 11.8 Å². The van der Waals surface area contributed by atoms with Crippen molar-refractivity contribution in [3.63, 3.8) is 0 Å². The van der Waals surface area contributed by atoms with Crippen LogP contribution in [-0.2, 0) is 19.2 Å². The summed E-state index contributed by atoms with van der Waals surface area (Å²) in [5, 5.41) is 5.29. The Balaban J connectivity index is 2.12. The number of carbonyl (C=O) groups excluding carboxylic acids is 4. The molecule has 0 aromatic carbocycles. The summed E-state index contributed by atoms with van der Waals surface area (Å²) in [6.45, 7) is 8.71. The zero-order valence-electron chi connectivity index (χ0n) is 15.4. The maximum absolute atomic E-state index is 12.8. The van der Waals surface area contributed by atoms with Crippen LogP contribution >= 0.6 is 0 Å². The fourth-order valence-corrected chi connectivity index (χ4v) is 3.19. The third-order valence-corrected chi connectivity index (χ3v) is 4.65. The number of nitrogens with two attached hydrogens (primary N) is 1. The molecule has 0 aromatic heterocycles. The number of likely N-dealkylation sites (tertiary alicyclic amines) is 1. The van der Waals surface area contributed by atoms with Crippen molar-refractivity contribution < 1.29 is 19.2 Å². The third kappa shape index (κ3) is 4.51. The van der Waals surface area contributed by atoms with Crippen molar-refractivity contribution in [3.05, 3.63) is 36.1 Å². The fraction of sp³-hybridized carbons (Fsp3) is 0.474. The highest BCUT2D eigenvalue weighted by Crippen LogP contribution is 2.30. The summed E-state index contributed by atoms with van der Waals surface area (Å²) in [6, 6.07) is -1.00. The van der Waals surface area contributed by atoms with Crippen LogP contribution < -0.4 is 16.4 Å². The van der Waals surface area contributed by atoms with Gasteiger partial charge >= 0.3 is 0 Å². The van der Waals surface area contributed by atoms with Gasteiger partial charge in [-0.2, -0.15) is 0 Å².